The van der Waals surface area contributed by atoms with E-state index in [4.69, 9.17) is 0 Å². The van der Waals surface area contributed by atoms with Gasteiger partial charge < -0.3 is 0 Å². The fraction of sp³-hybridized carbons (Fsp3) is 0.125. The lowest BCUT2D eigenvalue weighted by atomic mass is 10.1. The monoisotopic (exact) mass is 162 g/mol. The first-order chi connectivity index (χ1) is 5.42. The van der Waals surface area contributed by atoms with Crippen molar-refractivity contribution >= 4 is 18.3 Å². The van der Waals surface area contributed by atoms with Gasteiger partial charge in [-0.2, -0.15) is 0 Å². The van der Waals surface area contributed by atoms with Crippen LogP contribution in [0.25, 0.3) is 0 Å². The maximum Gasteiger partial charge on any atom is 0.236 e. The molecule has 1 aromatic carbocycles. The Morgan fingerprint density at radius 2 is 2.09 bits per heavy atom. The maximum atomic E-state index is 4.31. The number of nitrogens with zero attached hydrogens (tertiary/aromatic N) is 2. The molecular weight excluding hydrogens is 156 g/mol. The lowest BCUT2D eigenvalue weighted by Crippen LogP contribution is -2.21. The summed E-state index contributed by atoms with van der Waals surface area (Å²) >= 11 is 1.77. The highest BCUT2D eigenvalue weighted by Gasteiger charge is 2.60. The summed E-state index contributed by atoms with van der Waals surface area (Å²) in [5.41, 5.74) is 1.28. The Hall–Kier alpha value is -0.960. The molecule has 1 fully saturated rings. The van der Waals surface area contributed by atoms with Crippen molar-refractivity contribution < 1.29 is 0 Å². The largest absolute Gasteiger partial charge is 0.262 e. The summed E-state index contributed by atoms with van der Waals surface area (Å²) in [5.74, 6) is 0. The molecule has 2 heterocycles. The molecule has 0 bridgehead atoms. The number of hydrogen-bond acceptors (Lipinski definition) is 3. The summed E-state index contributed by atoms with van der Waals surface area (Å²) in [5, 5.41) is 0. The van der Waals surface area contributed by atoms with E-state index >= 15 is 0 Å². The normalized spacial score (nSPS) is 31.1. The van der Waals surface area contributed by atoms with Gasteiger partial charge in [0.2, 0.25) is 4.99 Å². The number of aliphatic imine (C=N–C) groups is 1. The van der Waals surface area contributed by atoms with E-state index in [1.54, 1.807) is 11.9 Å². The van der Waals surface area contributed by atoms with Gasteiger partial charge in [-0.05, 0) is 0 Å². The summed E-state index contributed by atoms with van der Waals surface area (Å²) < 4.78 is 2.16. The van der Waals surface area contributed by atoms with Crippen LogP contribution in [0.4, 0.5) is 0 Å². The van der Waals surface area contributed by atoms with Gasteiger partial charge in [-0.25, -0.2) is 4.99 Å². The van der Waals surface area contributed by atoms with E-state index in [2.05, 4.69) is 33.6 Å². The Morgan fingerprint density at radius 1 is 1.27 bits per heavy atom. The molecule has 0 aliphatic carbocycles. The SMILES string of the molecule is C1=NC2(c3ccccc3)SN12. The second-order valence-corrected chi connectivity index (χ2v) is 3.78. The fourth-order valence-electron chi connectivity index (χ4n) is 1.28. The van der Waals surface area contributed by atoms with Crippen molar-refractivity contribution in [2.45, 2.75) is 4.99 Å². The number of fused-ring (bicyclic) bond motifs is 1. The number of benzene rings is 1. The van der Waals surface area contributed by atoms with Crippen LogP contribution >= 0.6 is 11.9 Å². The van der Waals surface area contributed by atoms with E-state index < -0.39 is 0 Å². The highest BCUT2D eigenvalue weighted by Crippen LogP contribution is 2.64. The molecule has 2 nitrogen and oxygen atoms in total. The summed E-state index contributed by atoms with van der Waals surface area (Å²) in [6.45, 7) is 0. The molecule has 1 saturated heterocycles. The first-order valence-electron chi connectivity index (χ1n) is 3.51. The molecule has 3 heteroatoms. The molecular formula is C8H6N2S. The minimum absolute atomic E-state index is 0.00125. The number of hydrogen-bond donors (Lipinski definition) is 0. The van der Waals surface area contributed by atoms with Gasteiger partial charge in [0.15, 0.2) is 0 Å². The van der Waals surface area contributed by atoms with Gasteiger partial charge in [0.05, 0.1) is 0 Å². The molecule has 0 saturated carbocycles. The van der Waals surface area contributed by atoms with E-state index in [9.17, 15) is 0 Å². The second kappa shape index (κ2) is 1.61. The van der Waals surface area contributed by atoms with E-state index in [1.807, 2.05) is 12.4 Å². The summed E-state index contributed by atoms with van der Waals surface area (Å²) in [6.07, 6.45) is 1.87. The molecule has 0 spiro atoms. The fourth-order valence-corrected chi connectivity index (χ4v) is 2.15. The first kappa shape index (κ1) is 5.66. The zero-order valence-corrected chi connectivity index (χ0v) is 6.58. The number of rotatable bonds is 1. The van der Waals surface area contributed by atoms with Crippen molar-refractivity contribution in [1.82, 2.24) is 4.31 Å². The standard InChI is InChI=1S/C8H6N2S/c1-2-4-7(5-3-1)8-9-6-10(8)11-8/h1-6H. The molecule has 1 unspecified atom stereocenters. The third-order valence-electron chi connectivity index (χ3n) is 1.98. The van der Waals surface area contributed by atoms with E-state index in [1.165, 1.54) is 5.56 Å². The Morgan fingerprint density at radius 3 is 2.55 bits per heavy atom. The lowest BCUT2D eigenvalue weighted by Gasteiger charge is -2.14. The molecule has 3 rings (SSSR count). The van der Waals surface area contributed by atoms with Crippen LogP contribution in [-0.2, 0) is 4.99 Å². The summed E-state index contributed by atoms with van der Waals surface area (Å²) in [7, 11) is 0. The van der Waals surface area contributed by atoms with Crippen LogP contribution in [0.3, 0.4) is 0 Å². The molecule has 2 aliphatic heterocycles. The van der Waals surface area contributed by atoms with E-state index in [-0.39, 0.29) is 4.99 Å². The van der Waals surface area contributed by atoms with Crippen molar-refractivity contribution in [2.24, 2.45) is 4.99 Å². The van der Waals surface area contributed by atoms with Gasteiger partial charge in [0.25, 0.3) is 0 Å². The van der Waals surface area contributed by atoms with Gasteiger partial charge in [-0.15, -0.1) is 0 Å². The highest BCUT2D eigenvalue weighted by molar-refractivity contribution is 8.05. The summed E-state index contributed by atoms with van der Waals surface area (Å²) in [6, 6.07) is 10.4. The zero-order chi connectivity index (χ0) is 7.31. The predicted molar refractivity (Wildman–Crippen MR) is 46.0 cm³/mol. The predicted octanol–water partition coefficient (Wildman–Crippen LogP) is 1.80. The van der Waals surface area contributed by atoms with Crippen molar-refractivity contribution in [3.05, 3.63) is 35.9 Å². The van der Waals surface area contributed by atoms with Crippen LogP contribution in [0, 0.1) is 0 Å². The van der Waals surface area contributed by atoms with Crippen LogP contribution < -0.4 is 0 Å². The molecule has 1 aromatic rings. The molecule has 0 radical (unpaired) electrons. The van der Waals surface area contributed by atoms with Crippen molar-refractivity contribution in [3.63, 3.8) is 0 Å². The van der Waals surface area contributed by atoms with Crippen LogP contribution in [0.15, 0.2) is 35.3 Å². The minimum atomic E-state index is 0.00125. The van der Waals surface area contributed by atoms with E-state index in [0.717, 1.165) is 0 Å². The quantitative estimate of drug-likeness (QED) is 0.462. The van der Waals surface area contributed by atoms with Crippen LogP contribution in [0.2, 0.25) is 0 Å². The Balaban J connectivity index is 2.08. The van der Waals surface area contributed by atoms with Gasteiger partial charge in [-0.1, -0.05) is 30.3 Å². The molecule has 54 valence electrons. The van der Waals surface area contributed by atoms with Crippen LogP contribution in [0.5, 0.6) is 0 Å². The van der Waals surface area contributed by atoms with Gasteiger partial charge in [-0.3, -0.25) is 4.31 Å². The minimum Gasteiger partial charge on any atom is -0.262 e. The molecule has 0 N–H and O–H groups in total. The lowest BCUT2D eigenvalue weighted by molar-refractivity contribution is 0.521. The Labute approximate surface area is 69.1 Å². The van der Waals surface area contributed by atoms with Crippen molar-refractivity contribution in [1.29, 1.82) is 0 Å². The van der Waals surface area contributed by atoms with Gasteiger partial charge in [0, 0.05) is 17.5 Å². The second-order valence-electron chi connectivity index (χ2n) is 2.64. The molecule has 2 aliphatic rings. The van der Waals surface area contributed by atoms with E-state index in [0.29, 0.717) is 0 Å². The maximum absolute atomic E-state index is 4.31. The Kier molecular flexibility index (Phi) is 0.829. The molecule has 11 heavy (non-hydrogen) atoms. The summed E-state index contributed by atoms with van der Waals surface area (Å²) in [4.78, 5) is 4.31. The molecule has 1 atom stereocenters. The molecule has 0 amide bonds. The first-order valence-corrected chi connectivity index (χ1v) is 4.28. The van der Waals surface area contributed by atoms with Gasteiger partial charge in [0.1, 0.15) is 6.34 Å². The average Bonchev–Trinajstić information content (AvgIpc) is 2.57. The van der Waals surface area contributed by atoms with Crippen LogP contribution in [-0.4, -0.2) is 10.6 Å². The van der Waals surface area contributed by atoms with Crippen molar-refractivity contribution in [3.8, 4) is 0 Å². The zero-order valence-electron chi connectivity index (χ0n) is 5.77. The third-order valence-corrected chi connectivity index (χ3v) is 3.15. The van der Waals surface area contributed by atoms with Gasteiger partial charge >= 0.3 is 0 Å². The third kappa shape index (κ3) is 0.570. The Bertz CT molecular complexity index is 322. The van der Waals surface area contributed by atoms with Crippen molar-refractivity contribution in [2.75, 3.05) is 0 Å². The smallest absolute Gasteiger partial charge is 0.236 e. The average molecular weight is 162 g/mol. The van der Waals surface area contributed by atoms with Crippen LogP contribution in [0.1, 0.15) is 5.56 Å². The topological polar surface area (TPSA) is 15.4 Å². The highest BCUT2D eigenvalue weighted by atomic mass is 32.2. The molecule has 0 aromatic heterocycles.